The number of para-hydroxylation sites is 1. The molecule has 0 aliphatic rings. The number of Topliss-reactive ketones (excluding diaryl/α,β-unsaturated/α-hetero) is 1. The molecule has 3 nitrogen and oxygen atoms in total. The molecule has 18 heavy (non-hydrogen) atoms. The molecule has 0 unspecified atom stereocenters. The van der Waals surface area contributed by atoms with Gasteiger partial charge in [-0.2, -0.15) is 5.26 Å². The van der Waals surface area contributed by atoms with E-state index in [4.69, 9.17) is 5.26 Å². The van der Waals surface area contributed by atoms with E-state index in [2.05, 4.69) is 11.4 Å². The van der Waals surface area contributed by atoms with E-state index < -0.39 is 0 Å². The van der Waals surface area contributed by atoms with Gasteiger partial charge in [-0.05, 0) is 32.0 Å². The lowest BCUT2D eigenvalue weighted by Crippen LogP contribution is -1.99. The summed E-state index contributed by atoms with van der Waals surface area (Å²) in [5.74, 6) is 0.00452. The first-order valence-corrected chi connectivity index (χ1v) is 6.31. The number of nitriles is 1. The molecule has 0 spiro atoms. The highest BCUT2D eigenvalue weighted by molar-refractivity contribution is 7.16. The minimum absolute atomic E-state index is 0.00452. The third kappa shape index (κ3) is 2.41. The zero-order valence-electron chi connectivity index (χ0n) is 10.2. The fraction of sp³-hybridized carbons (Fsp3) is 0.143. The Labute approximate surface area is 110 Å². The summed E-state index contributed by atoms with van der Waals surface area (Å²) in [4.78, 5) is 12.6. The van der Waals surface area contributed by atoms with Crippen LogP contribution in [-0.4, -0.2) is 5.78 Å². The van der Waals surface area contributed by atoms with E-state index in [0.717, 1.165) is 15.6 Å². The second kappa shape index (κ2) is 5.03. The normalized spacial score (nSPS) is 9.83. The largest absolute Gasteiger partial charge is 0.346 e. The lowest BCUT2D eigenvalue weighted by molar-refractivity contribution is 0.101. The van der Waals surface area contributed by atoms with Gasteiger partial charge < -0.3 is 5.32 Å². The molecule has 2 aromatic rings. The third-order valence-corrected chi connectivity index (χ3v) is 3.50. The number of rotatable bonds is 3. The molecule has 0 aliphatic heterocycles. The summed E-state index contributed by atoms with van der Waals surface area (Å²) in [5, 5.41) is 13.0. The minimum atomic E-state index is 0.00452. The quantitative estimate of drug-likeness (QED) is 0.848. The van der Waals surface area contributed by atoms with E-state index in [-0.39, 0.29) is 5.78 Å². The van der Waals surface area contributed by atoms with Crippen molar-refractivity contribution in [1.29, 1.82) is 5.26 Å². The maximum Gasteiger partial charge on any atom is 0.161 e. The summed E-state index contributed by atoms with van der Waals surface area (Å²) in [6.45, 7) is 3.49. The Morgan fingerprint density at radius 3 is 2.78 bits per heavy atom. The second-order valence-corrected chi connectivity index (χ2v) is 5.19. The van der Waals surface area contributed by atoms with Crippen molar-refractivity contribution in [1.82, 2.24) is 0 Å². The van der Waals surface area contributed by atoms with Gasteiger partial charge >= 0.3 is 0 Å². The van der Waals surface area contributed by atoms with Crippen molar-refractivity contribution in [2.75, 3.05) is 5.32 Å². The molecule has 2 rings (SSSR count). The molecule has 0 aliphatic carbocycles. The fourth-order valence-electron chi connectivity index (χ4n) is 1.71. The molecule has 4 heteroatoms. The number of hydrogen-bond acceptors (Lipinski definition) is 4. The fourth-order valence-corrected chi connectivity index (χ4v) is 2.59. The van der Waals surface area contributed by atoms with Crippen molar-refractivity contribution >= 4 is 27.8 Å². The maximum absolute atomic E-state index is 11.5. The molecule has 0 atom stereocenters. The highest BCUT2D eigenvalue weighted by Gasteiger charge is 2.10. The monoisotopic (exact) mass is 256 g/mol. The van der Waals surface area contributed by atoms with Crippen molar-refractivity contribution in [3.05, 3.63) is 46.3 Å². The minimum Gasteiger partial charge on any atom is -0.346 e. The molecule has 90 valence electrons. The number of anilines is 2. The van der Waals surface area contributed by atoms with E-state index in [1.165, 1.54) is 18.3 Å². The first-order chi connectivity index (χ1) is 8.61. The van der Waals surface area contributed by atoms with E-state index >= 15 is 0 Å². The molecule has 1 N–H and O–H groups in total. The van der Waals surface area contributed by atoms with Crippen LogP contribution >= 0.6 is 11.3 Å². The molecular weight excluding hydrogens is 244 g/mol. The number of carbonyl (C=O) groups is 1. The maximum atomic E-state index is 11.5. The Hall–Kier alpha value is -2.12. The summed E-state index contributed by atoms with van der Waals surface area (Å²) in [6, 6.07) is 11.3. The number of thiophene rings is 1. The smallest absolute Gasteiger partial charge is 0.161 e. The van der Waals surface area contributed by atoms with Gasteiger partial charge in [0.2, 0.25) is 0 Å². The van der Waals surface area contributed by atoms with Crippen LogP contribution in [0, 0.1) is 18.3 Å². The zero-order valence-corrected chi connectivity index (χ0v) is 11.0. The summed E-state index contributed by atoms with van der Waals surface area (Å²) in [7, 11) is 0. The Kier molecular flexibility index (Phi) is 3.45. The molecule has 1 heterocycles. The molecule has 0 amide bonds. The van der Waals surface area contributed by atoms with Gasteiger partial charge in [-0.15, -0.1) is 11.3 Å². The van der Waals surface area contributed by atoms with Crippen LogP contribution in [0.25, 0.3) is 0 Å². The number of nitrogens with zero attached hydrogens (tertiary/aromatic N) is 1. The Morgan fingerprint density at radius 2 is 2.11 bits per heavy atom. The van der Waals surface area contributed by atoms with Gasteiger partial charge in [-0.3, -0.25) is 4.79 Å². The molecule has 0 saturated heterocycles. The van der Waals surface area contributed by atoms with Crippen molar-refractivity contribution < 1.29 is 4.79 Å². The molecule has 0 saturated carbocycles. The van der Waals surface area contributed by atoms with Crippen molar-refractivity contribution in [3.8, 4) is 6.07 Å². The van der Waals surface area contributed by atoms with Gasteiger partial charge in [0, 0.05) is 16.1 Å². The molecule has 0 bridgehead atoms. The summed E-state index contributed by atoms with van der Waals surface area (Å²) < 4.78 is 0. The predicted molar refractivity (Wildman–Crippen MR) is 73.5 cm³/mol. The van der Waals surface area contributed by atoms with E-state index in [1.54, 1.807) is 6.07 Å². The first-order valence-electron chi connectivity index (χ1n) is 5.49. The van der Waals surface area contributed by atoms with Gasteiger partial charge in [0.25, 0.3) is 0 Å². The van der Waals surface area contributed by atoms with Crippen LogP contribution in [0.4, 0.5) is 10.7 Å². The average molecular weight is 256 g/mol. The lowest BCUT2D eigenvalue weighted by atomic mass is 10.1. The van der Waals surface area contributed by atoms with E-state index in [9.17, 15) is 4.79 Å². The summed E-state index contributed by atoms with van der Waals surface area (Å²) in [6.07, 6.45) is 0. The summed E-state index contributed by atoms with van der Waals surface area (Å²) >= 11 is 1.51. The van der Waals surface area contributed by atoms with E-state index in [0.29, 0.717) is 11.1 Å². The van der Waals surface area contributed by atoms with Crippen LogP contribution < -0.4 is 5.32 Å². The van der Waals surface area contributed by atoms with Gasteiger partial charge in [-0.1, -0.05) is 12.1 Å². The van der Waals surface area contributed by atoms with Crippen LogP contribution in [0.3, 0.4) is 0 Å². The standard InChI is InChI=1S/C14H12N2OS/c1-9-7-11(8-15)14(18-9)16-13-6-4-3-5-12(13)10(2)17/h3-7,16H,1-2H3. The first kappa shape index (κ1) is 12.3. The van der Waals surface area contributed by atoms with Crippen molar-refractivity contribution in [2.24, 2.45) is 0 Å². The van der Waals surface area contributed by atoms with E-state index in [1.807, 2.05) is 31.2 Å². The number of benzene rings is 1. The third-order valence-electron chi connectivity index (χ3n) is 2.53. The van der Waals surface area contributed by atoms with Gasteiger partial charge in [0.15, 0.2) is 5.78 Å². The molecular formula is C14H12N2OS. The second-order valence-electron chi connectivity index (χ2n) is 3.94. The number of carbonyl (C=O) groups excluding carboxylic acids is 1. The highest BCUT2D eigenvalue weighted by Crippen LogP contribution is 2.31. The van der Waals surface area contributed by atoms with Gasteiger partial charge in [0.1, 0.15) is 11.1 Å². The summed E-state index contributed by atoms with van der Waals surface area (Å²) in [5.41, 5.74) is 1.98. The SMILES string of the molecule is CC(=O)c1ccccc1Nc1sc(C)cc1C#N. The number of aryl methyl sites for hydroxylation is 1. The molecule has 1 aromatic carbocycles. The van der Waals surface area contributed by atoms with Gasteiger partial charge in [0.05, 0.1) is 5.56 Å². The van der Waals surface area contributed by atoms with Crippen LogP contribution in [0.2, 0.25) is 0 Å². The Bertz CT molecular complexity index is 637. The number of nitrogens with one attached hydrogen (secondary N) is 1. The lowest BCUT2D eigenvalue weighted by Gasteiger charge is -2.08. The van der Waals surface area contributed by atoms with Gasteiger partial charge in [-0.25, -0.2) is 0 Å². The van der Waals surface area contributed by atoms with Crippen LogP contribution in [0.1, 0.15) is 27.7 Å². The van der Waals surface area contributed by atoms with Crippen LogP contribution in [-0.2, 0) is 0 Å². The molecule has 0 radical (unpaired) electrons. The highest BCUT2D eigenvalue weighted by atomic mass is 32.1. The van der Waals surface area contributed by atoms with Crippen LogP contribution in [0.15, 0.2) is 30.3 Å². The molecule has 0 fully saturated rings. The van der Waals surface area contributed by atoms with Crippen molar-refractivity contribution in [3.63, 3.8) is 0 Å². The molecule has 1 aromatic heterocycles. The number of ketones is 1. The average Bonchev–Trinajstić information content (AvgIpc) is 2.70. The predicted octanol–water partition coefficient (Wildman–Crippen LogP) is 3.87. The van der Waals surface area contributed by atoms with Crippen molar-refractivity contribution in [2.45, 2.75) is 13.8 Å². The van der Waals surface area contributed by atoms with Crippen LogP contribution in [0.5, 0.6) is 0 Å². The Balaban J connectivity index is 2.40. The number of hydrogen-bond donors (Lipinski definition) is 1. The zero-order chi connectivity index (χ0) is 13.1. The topological polar surface area (TPSA) is 52.9 Å². The Morgan fingerprint density at radius 1 is 1.39 bits per heavy atom.